The number of hydrogen-bond acceptors (Lipinski definition) is 1. The lowest BCUT2D eigenvalue weighted by atomic mass is 9.90. The summed E-state index contributed by atoms with van der Waals surface area (Å²) in [5.74, 6) is -1.10. The third-order valence-corrected chi connectivity index (χ3v) is 6.68. The molecular weight excluding hydrogens is 486 g/mol. The van der Waals surface area contributed by atoms with Gasteiger partial charge in [-0.25, -0.2) is 0 Å². The number of ether oxygens (including phenoxy) is 1. The predicted molar refractivity (Wildman–Crippen MR) is 167 cm³/mol. The van der Waals surface area contributed by atoms with Crippen molar-refractivity contribution >= 4 is 43.4 Å². The van der Waals surface area contributed by atoms with Crippen LogP contribution in [0.1, 0.15) is 31.5 Å². The van der Waals surface area contributed by atoms with Gasteiger partial charge in [-0.2, -0.15) is 0 Å². The van der Waals surface area contributed by atoms with E-state index < -0.39 is 216 Å². The number of aromatic nitrogens is 1. The van der Waals surface area contributed by atoms with E-state index in [1.165, 1.54) is 0 Å². The van der Waals surface area contributed by atoms with Crippen LogP contribution in [0.4, 0.5) is 0 Å². The van der Waals surface area contributed by atoms with Crippen molar-refractivity contribution in [2.75, 3.05) is 0 Å². The second-order valence-electron chi connectivity index (χ2n) is 8.77. The molecule has 1 aromatic heterocycles. The zero-order chi connectivity index (χ0) is 46.2. The standard InChI is InChI=1S/C38H23NO/c1-2-10-26(11-3-1)39-34-23-25(18-19-29(34)33-20-17-24-9-4-5-12-28(24)38(33)39)27-21-22-36-37-31(27)14-8-15-32(37)30-13-6-7-16-35(30)40-36/h1-23H/i1D,2D,3D,4D,5D,6D,7D,8D,9D,10D,11D,12D,13D,14D,15D,16D,17D,18D,19D,20D,21D,22D,23D. The topological polar surface area (TPSA) is 14.2 Å². The molecule has 0 unspecified atom stereocenters. The summed E-state index contributed by atoms with van der Waals surface area (Å²) in [4.78, 5) is 0. The zero-order valence-corrected chi connectivity index (χ0v) is 19.9. The van der Waals surface area contributed by atoms with E-state index >= 15 is 0 Å². The molecule has 7 aromatic carbocycles. The summed E-state index contributed by atoms with van der Waals surface area (Å²) in [5.41, 5.74) is -4.04. The Morgan fingerprint density at radius 1 is 0.500 bits per heavy atom. The van der Waals surface area contributed by atoms with Gasteiger partial charge in [0.05, 0.1) is 42.6 Å². The summed E-state index contributed by atoms with van der Waals surface area (Å²) in [5, 5.41) is -2.91. The lowest BCUT2D eigenvalue weighted by Gasteiger charge is -2.22. The van der Waals surface area contributed by atoms with Gasteiger partial charge in [0.25, 0.3) is 0 Å². The summed E-state index contributed by atoms with van der Waals surface area (Å²) in [6, 6.07) is -18.9. The summed E-state index contributed by atoms with van der Waals surface area (Å²) in [7, 11) is 0. The molecule has 1 aliphatic rings. The molecule has 0 atom stereocenters. The molecule has 186 valence electrons. The molecule has 0 radical (unpaired) electrons. The zero-order valence-electron chi connectivity index (χ0n) is 42.9. The fraction of sp³-hybridized carbons (Fsp3) is 0. The normalized spacial score (nSPS) is 20.2. The van der Waals surface area contributed by atoms with Crippen LogP contribution in [0, 0.1) is 0 Å². The fourth-order valence-corrected chi connectivity index (χ4v) is 5.03. The number of hydrogen-bond donors (Lipinski definition) is 0. The van der Waals surface area contributed by atoms with Gasteiger partial charge in [0.1, 0.15) is 11.5 Å². The fourth-order valence-electron chi connectivity index (χ4n) is 5.03. The monoisotopic (exact) mass is 532 g/mol. The molecule has 40 heavy (non-hydrogen) atoms. The minimum atomic E-state index is -0.918. The molecule has 0 fully saturated rings. The van der Waals surface area contributed by atoms with Crippen LogP contribution >= 0.6 is 0 Å². The number of rotatable bonds is 2. The van der Waals surface area contributed by atoms with Crippen LogP contribution in [0.5, 0.6) is 11.5 Å². The van der Waals surface area contributed by atoms with Gasteiger partial charge in [-0.3, -0.25) is 0 Å². The number of nitrogens with zero attached hydrogens (tertiary/aromatic N) is 1. The van der Waals surface area contributed by atoms with E-state index in [1.807, 2.05) is 0 Å². The van der Waals surface area contributed by atoms with Crippen LogP contribution in [-0.4, -0.2) is 4.57 Å². The summed E-state index contributed by atoms with van der Waals surface area (Å²) < 4.78 is 211. The van der Waals surface area contributed by atoms with Gasteiger partial charge in [0, 0.05) is 32.8 Å². The highest BCUT2D eigenvalue weighted by molar-refractivity contribution is 6.19. The molecule has 0 bridgehead atoms. The minimum Gasteiger partial charge on any atom is -0.456 e. The molecule has 0 saturated carbocycles. The molecule has 0 saturated heterocycles. The third-order valence-electron chi connectivity index (χ3n) is 6.68. The molecule has 1 aliphatic heterocycles. The van der Waals surface area contributed by atoms with E-state index in [0.29, 0.717) is 0 Å². The molecule has 0 N–H and O–H groups in total. The Morgan fingerprint density at radius 3 is 2.23 bits per heavy atom. The van der Waals surface area contributed by atoms with E-state index in [1.54, 1.807) is 0 Å². The second-order valence-corrected chi connectivity index (χ2v) is 8.77. The van der Waals surface area contributed by atoms with Crippen molar-refractivity contribution in [2.24, 2.45) is 0 Å². The largest absolute Gasteiger partial charge is 0.456 e. The van der Waals surface area contributed by atoms with Crippen LogP contribution in [-0.2, 0) is 0 Å². The first-order valence-corrected chi connectivity index (χ1v) is 11.8. The summed E-state index contributed by atoms with van der Waals surface area (Å²) in [6.07, 6.45) is 0. The maximum Gasteiger partial charge on any atom is 0.135 e. The van der Waals surface area contributed by atoms with Gasteiger partial charge in [-0.1, -0.05) is 109 Å². The lowest BCUT2D eigenvalue weighted by molar-refractivity contribution is 0.487. The molecule has 9 rings (SSSR count). The van der Waals surface area contributed by atoms with Crippen LogP contribution in [0.15, 0.2) is 139 Å². The number of para-hydroxylation sites is 2. The van der Waals surface area contributed by atoms with Crippen LogP contribution in [0.2, 0.25) is 0 Å². The SMILES string of the molecule is [2H]c1c([2H])c([2H])c(-n2c3c([2H])c(-c4c([2H])c([2H])c5c6c(c([2H])c([2H])c([2H])c46)-c4c([2H])c([2H])c([2H])c([2H])c4O5)c([2H])c([2H])c3c3c([2H])c([2H])c4c([2H])c([2H])c([2H])c([2H])c4c32)c([2H])c1[2H]. The quantitative estimate of drug-likeness (QED) is 0.216. The van der Waals surface area contributed by atoms with Crippen molar-refractivity contribution in [3.8, 4) is 39.4 Å². The Bertz CT molecular complexity index is 3550. The molecular formula is C38H23NO. The Balaban J connectivity index is 1.60. The first kappa shape index (κ1) is 9.11. The van der Waals surface area contributed by atoms with Crippen molar-refractivity contribution in [3.63, 3.8) is 0 Å². The van der Waals surface area contributed by atoms with E-state index in [9.17, 15) is 6.85 Å². The number of benzene rings is 7. The average Bonchev–Trinajstić information content (AvgIpc) is 3.60. The Labute approximate surface area is 263 Å². The lowest BCUT2D eigenvalue weighted by Crippen LogP contribution is -1.97. The van der Waals surface area contributed by atoms with E-state index in [4.69, 9.17) is 29.4 Å². The second kappa shape index (κ2) is 8.08. The van der Waals surface area contributed by atoms with Gasteiger partial charge in [0.15, 0.2) is 0 Å². The average molecular weight is 533 g/mol. The molecule has 8 aromatic rings. The molecule has 0 aliphatic carbocycles. The van der Waals surface area contributed by atoms with Gasteiger partial charge < -0.3 is 9.30 Å². The Morgan fingerprint density at radius 2 is 1.27 bits per heavy atom. The minimum absolute atomic E-state index is 0.375. The molecule has 2 nitrogen and oxygen atoms in total. The van der Waals surface area contributed by atoms with E-state index in [0.717, 1.165) is 4.57 Å². The van der Waals surface area contributed by atoms with Gasteiger partial charge in [0.2, 0.25) is 0 Å². The van der Waals surface area contributed by atoms with Crippen LogP contribution in [0.25, 0.3) is 71.3 Å². The van der Waals surface area contributed by atoms with Gasteiger partial charge in [-0.15, -0.1) is 0 Å². The van der Waals surface area contributed by atoms with E-state index in [-0.39, 0.29) is 5.39 Å². The predicted octanol–water partition coefficient (Wildman–Crippen LogP) is 10.5. The highest BCUT2D eigenvalue weighted by atomic mass is 16.5. The summed E-state index contributed by atoms with van der Waals surface area (Å²) >= 11 is 0. The van der Waals surface area contributed by atoms with Crippen molar-refractivity contribution in [3.05, 3.63) is 139 Å². The highest BCUT2D eigenvalue weighted by Crippen LogP contribution is 2.49. The third kappa shape index (κ3) is 2.93. The van der Waals surface area contributed by atoms with Gasteiger partial charge >= 0.3 is 0 Å². The highest BCUT2D eigenvalue weighted by Gasteiger charge is 2.22. The Kier molecular flexibility index (Phi) is 1.84. The van der Waals surface area contributed by atoms with Crippen molar-refractivity contribution in [1.29, 1.82) is 0 Å². The molecule has 2 heterocycles. The van der Waals surface area contributed by atoms with Crippen LogP contribution in [0.3, 0.4) is 0 Å². The Hall–Kier alpha value is -5.34. The molecule has 2 heteroatoms. The smallest absolute Gasteiger partial charge is 0.135 e. The summed E-state index contributed by atoms with van der Waals surface area (Å²) in [6.45, 7) is 0. The van der Waals surface area contributed by atoms with Crippen molar-refractivity contribution in [2.45, 2.75) is 0 Å². The molecule has 0 amide bonds. The maximum absolute atomic E-state index is 9.88. The maximum atomic E-state index is 9.88. The van der Waals surface area contributed by atoms with Crippen molar-refractivity contribution in [1.82, 2.24) is 4.57 Å². The van der Waals surface area contributed by atoms with Gasteiger partial charge in [-0.05, 0) is 57.7 Å². The first-order chi connectivity index (χ1) is 29.4. The van der Waals surface area contributed by atoms with Crippen LogP contribution < -0.4 is 4.74 Å². The van der Waals surface area contributed by atoms with Crippen molar-refractivity contribution < 1.29 is 36.3 Å². The first-order valence-electron chi connectivity index (χ1n) is 23.3. The van der Waals surface area contributed by atoms with E-state index in [2.05, 4.69) is 0 Å². The molecule has 0 spiro atoms. The number of fused-ring (bicyclic) bond motifs is 7.